The zero-order valence-electron chi connectivity index (χ0n) is 8.00. The molecular weight excluding hydrogens is 172 g/mol. The third kappa shape index (κ3) is 5.19. The molecule has 1 unspecified atom stereocenters. The van der Waals surface area contributed by atoms with Gasteiger partial charge in [0.1, 0.15) is 6.04 Å². The highest BCUT2D eigenvalue weighted by Crippen LogP contribution is 1.96. The molecule has 0 spiro atoms. The average Bonchev–Trinajstić information content (AvgIpc) is 2.13. The number of nitrogens with one attached hydrogen (secondary N) is 1. The van der Waals surface area contributed by atoms with Gasteiger partial charge in [0.25, 0.3) is 0 Å². The van der Waals surface area contributed by atoms with Crippen molar-refractivity contribution in [2.45, 2.75) is 25.8 Å². The van der Waals surface area contributed by atoms with E-state index in [1.54, 1.807) is 6.92 Å². The maximum atomic E-state index is 11.0. The molecule has 0 aliphatic carbocycles. The second kappa shape index (κ2) is 6.42. The van der Waals surface area contributed by atoms with Crippen LogP contribution in [0.4, 0.5) is 0 Å². The summed E-state index contributed by atoms with van der Waals surface area (Å²) in [5.74, 6) is -0.578. The van der Waals surface area contributed by atoms with Gasteiger partial charge >= 0.3 is 5.97 Å². The van der Waals surface area contributed by atoms with Crippen LogP contribution in [-0.4, -0.2) is 31.6 Å². The Kier molecular flexibility index (Phi) is 5.88. The highest BCUT2D eigenvalue weighted by Gasteiger charge is 2.15. The second-order valence-electron chi connectivity index (χ2n) is 2.57. The molecule has 5 heteroatoms. The maximum Gasteiger partial charge on any atom is 0.322 e. The van der Waals surface area contributed by atoms with E-state index in [0.717, 1.165) is 0 Å². The van der Waals surface area contributed by atoms with Crippen molar-refractivity contribution in [1.82, 2.24) is 5.32 Å². The van der Waals surface area contributed by atoms with Crippen LogP contribution in [-0.2, 0) is 14.3 Å². The van der Waals surface area contributed by atoms with Gasteiger partial charge in [-0.05, 0) is 13.3 Å². The molecule has 0 aliphatic heterocycles. The van der Waals surface area contributed by atoms with E-state index in [9.17, 15) is 9.59 Å². The minimum absolute atomic E-state index is 0.125. The van der Waals surface area contributed by atoms with Crippen molar-refractivity contribution in [2.24, 2.45) is 5.73 Å². The molecule has 0 heterocycles. The largest absolute Gasteiger partial charge is 0.465 e. The number of carbonyl (C=O) groups excluding carboxylic acids is 2. The van der Waals surface area contributed by atoms with Gasteiger partial charge in [-0.3, -0.25) is 9.59 Å². The van der Waals surface area contributed by atoms with E-state index in [0.29, 0.717) is 13.0 Å². The Balaban J connectivity index is 3.67. The minimum Gasteiger partial charge on any atom is -0.465 e. The van der Waals surface area contributed by atoms with Crippen LogP contribution in [0.2, 0.25) is 0 Å². The number of ether oxygens (including phenoxy) is 1. The lowest BCUT2D eigenvalue weighted by Gasteiger charge is -2.09. The van der Waals surface area contributed by atoms with Crippen molar-refractivity contribution < 1.29 is 14.3 Å². The van der Waals surface area contributed by atoms with E-state index in [-0.39, 0.29) is 12.3 Å². The zero-order chi connectivity index (χ0) is 10.3. The standard InChI is InChI=1S/C8H16N2O3/c1-3-13-8(12)6(9)4-5-7(11)10-2/h6H,3-5,9H2,1-2H3,(H,10,11). The van der Waals surface area contributed by atoms with Gasteiger partial charge in [0.2, 0.25) is 5.91 Å². The summed E-state index contributed by atoms with van der Waals surface area (Å²) in [5.41, 5.74) is 5.45. The first-order chi connectivity index (χ1) is 6.11. The fraction of sp³-hybridized carbons (Fsp3) is 0.750. The average molecular weight is 188 g/mol. The number of hydrogen-bond acceptors (Lipinski definition) is 4. The third-order valence-electron chi connectivity index (χ3n) is 1.55. The molecule has 0 radical (unpaired) electrons. The number of rotatable bonds is 5. The van der Waals surface area contributed by atoms with Crippen molar-refractivity contribution in [3.05, 3.63) is 0 Å². The highest BCUT2D eigenvalue weighted by molar-refractivity contribution is 5.78. The molecule has 1 atom stereocenters. The molecule has 13 heavy (non-hydrogen) atoms. The van der Waals surface area contributed by atoms with Gasteiger partial charge in [-0.25, -0.2) is 0 Å². The van der Waals surface area contributed by atoms with Crippen LogP contribution in [0.25, 0.3) is 0 Å². The summed E-state index contributed by atoms with van der Waals surface area (Å²) in [4.78, 5) is 21.7. The highest BCUT2D eigenvalue weighted by atomic mass is 16.5. The van der Waals surface area contributed by atoms with E-state index >= 15 is 0 Å². The molecule has 0 bridgehead atoms. The number of nitrogens with two attached hydrogens (primary N) is 1. The summed E-state index contributed by atoms with van der Waals surface area (Å²) >= 11 is 0. The number of carbonyl (C=O) groups is 2. The lowest BCUT2D eigenvalue weighted by molar-refractivity contribution is -0.144. The first-order valence-electron chi connectivity index (χ1n) is 4.24. The topological polar surface area (TPSA) is 81.4 Å². The number of esters is 1. The molecule has 0 aromatic heterocycles. The Morgan fingerprint density at radius 3 is 2.62 bits per heavy atom. The van der Waals surface area contributed by atoms with E-state index in [4.69, 9.17) is 5.73 Å². The molecular formula is C8H16N2O3. The van der Waals surface area contributed by atoms with Crippen LogP contribution >= 0.6 is 0 Å². The van der Waals surface area contributed by atoms with E-state index in [1.807, 2.05) is 0 Å². The number of hydrogen-bond donors (Lipinski definition) is 2. The molecule has 0 saturated carbocycles. The van der Waals surface area contributed by atoms with Gasteiger partial charge in [-0.2, -0.15) is 0 Å². The molecule has 3 N–H and O–H groups in total. The fourth-order valence-corrected chi connectivity index (χ4v) is 0.779. The normalized spacial score (nSPS) is 11.9. The Labute approximate surface area is 77.6 Å². The van der Waals surface area contributed by atoms with Gasteiger partial charge in [-0.1, -0.05) is 0 Å². The number of amides is 1. The second-order valence-corrected chi connectivity index (χ2v) is 2.57. The van der Waals surface area contributed by atoms with Gasteiger partial charge in [0.05, 0.1) is 6.61 Å². The predicted molar refractivity (Wildman–Crippen MR) is 47.9 cm³/mol. The van der Waals surface area contributed by atoms with Crippen molar-refractivity contribution in [2.75, 3.05) is 13.7 Å². The van der Waals surface area contributed by atoms with Crippen LogP contribution in [0, 0.1) is 0 Å². The summed E-state index contributed by atoms with van der Waals surface area (Å²) in [5, 5.41) is 2.44. The lowest BCUT2D eigenvalue weighted by atomic mass is 10.1. The van der Waals surface area contributed by atoms with Crippen molar-refractivity contribution >= 4 is 11.9 Å². The van der Waals surface area contributed by atoms with Crippen LogP contribution in [0.5, 0.6) is 0 Å². The monoisotopic (exact) mass is 188 g/mol. The molecule has 1 amide bonds. The quantitative estimate of drug-likeness (QED) is 0.565. The molecule has 0 saturated heterocycles. The first kappa shape index (κ1) is 11.9. The van der Waals surface area contributed by atoms with Crippen LogP contribution in [0.15, 0.2) is 0 Å². The molecule has 0 aromatic rings. The van der Waals surface area contributed by atoms with E-state index < -0.39 is 12.0 Å². The smallest absolute Gasteiger partial charge is 0.322 e. The summed E-state index contributed by atoms with van der Waals surface area (Å²) in [6.07, 6.45) is 0.564. The van der Waals surface area contributed by atoms with Crippen molar-refractivity contribution in [3.63, 3.8) is 0 Å². The fourth-order valence-electron chi connectivity index (χ4n) is 0.779. The summed E-state index contributed by atoms with van der Waals surface area (Å²) in [6, 6.07) is -0.697. The summed E-state index contributed by atoms with van der Waals surface area (Å²) < 4.78 is 4.67. The Hall–Kier alpha value is -1.10. The Bertz CT molecular complexity index is 182. The van der Waals surface area contributed by atoms with Crippen LogP contribution < -0.4 is 11.1 Å². The van der Waals surface area contributed by atoms with Gasteiger partial charge < -0.3 is 15.8 Å². The lowest BCUT2D eigenvalue weighted by Crippen LogP contribution is -2.33. The Morgan fingerprint density at radius 2 is 2.15 bits per heavy atom. The maximum absolute atomic E-state index is 11.0. The molecule has 0 aromatic carbocycles. The van der Waals surface area contributed by atoms with Crippen molar-refractivity contribution in [1.29, 1.82) is 0 Å². The van der Waals surface area contributed by atoms with E-state index in [2.05, 4.69) is 10.1 Å². The third-order valence-corrected chi connectivity index (χ3v) is 1.55. The predicted octanol–water partition coefficient (Wildman–Crippen LogP) is -0.597. The summed E-state index contributed by atoms with van der Waals surface area (Å²) in [6.45, 7) is 2.02. The van der Waals surface area contributed by atoms with Gasteiger partial charge in [-0.15, -0.1) is 0 Å². The molecule has 76 valence electrons. The van der Waals surface area contributed by atoms with Crippen LogP contribution in [0.3, 0.4) is 0 Å². The molecule has 5 nitrogen and oxygen atoms in total. The van der Waals surface area contributed by atoms with Gasteiger partial charge in [0, 0.05) is 13.5 Å². The molecule has 0 fully saturated rings. The Morgan fingerprint density at radius 1 is 1.54 bits per heavy atom. The van der Waals surface area contributed by atoms with Gasteiger partial charge in [0.15, 0.2) is 0 Å². The minimum atomic E-state index is -0.697. The summed E-state index contributed by atoms with van der Waals surface area (Å²) in [7, 11) is 1.54. The van der Waals surface area contributed by atoms with Crippen molar-refractivity contribution in [3.8, 4) is 0 Å². The molecule has 0 rings (SSSR count). The molecule has 0 aliphatic rings. The SMILES string of the molecule is CCOC(=O)C(N)CCC(=O)NC. The first-order valence-corrected chi connectivity index (χ1v) is 4.24. The van der Waals surface area contributed by atoms with Crippen LogP contribution in [0.1, 0.15) is 19.8 Å². The zero-order valence-corrected chi connectivity index (χ0v) is 8.00. The van der Waals surface area contributed by atoms with E-state index in [1.165, 1.54) is 7.05 Å².